The highest BCUT2D eigenvalue weighted by Crippen LogP contribution is 2.13. The molecule has 0 bridgehead atoms. The Morgan fingerprint density at radius 2 is 0.750 bits per heavy atom. The summed E-state index contributed by atoms with van der Waals surface area (Å²) in [6.07, 6.45) is -33.4. The molecule has 0 amide bonds. The molecule has 0 fully saturated rings. The largest absolute Gasteiger partial charge is 0.524 e. The molecule has 0 saturated heterocycles. The van der Waals surface area contributed by atoms with Gasteiger partial charge in [0.05, 0.1) is 26.1 Å². The fourth-order valence-corrected chi connectivity index (χ4v) is 2.72. The van der Waals surface area contributed by atoms with Gasteiger partial charge in [-0.15, -0.1) is 0 Å². The number of rotatable bonds is 18. The van der Waals surface area contributed by atoms with Crippen LogP contribution in [0.4, 0.5) is 4.79 Å². The fourth-order valence-electron chi connectivity index (χ4n) is 2.72. The van der Waals surface area contributed by atoms with E-state index in [-0.39, 0.29) is 0 Å². The maximum atomic E-state index is 11.7. The summed E-state index contributed by atoms with van der Waals surface area (Å²) in [5.74, 6) is -7.31. The second-order valence-electron chi connectivity index (χ2n) is 8.74. The van der Waals surface area contributed by atoms with Crippen molar-refractivity contribution in [2.45, 2.75) is 86.5 Å². The molecule has 0 rings (SSSR count). The van der Waals surface area contributed by atoms with E-state index in [0.717, 1.165) is 0 Å². The third-order valence-corrected chi connectivity index (χ3v) is 5.28. The minimum Gasteiger partial charge on any atom is -0.433 e. The fraction of sp³-hybridized carbons (Fsp3) is 0.762. The molecule has 0 spiro atoms. The molecule has 0 aliphatic rings. The lowest BCUT2D eigenvalue weighted by Crippen LogP contribution is -2.51. The first-order valence-electron chi connectivity index (χ1n) is 12.0. The summed E-state index contributed by atoms with van der Waals surface area (Å²) in [7, 11) is 0. The second kappa shape index (κ2) is 19.4. The van der Waals surface area contributed by atoms with E-state index in [4.69, 9.17) is 10.2 Å². The first-order valence-corrected chi connectivity index (χ1v) is 12.0. The average Bonchev–Trinajstić information content (AvgIpc) is 2.96. The minimum absolute atomic E-state index is 1.07. The Kier molecular flexibility index (Phi) is 18.1. The van der Waals surface area contributed by atoms with Crippen LogP contribution in [0.1, 0.15) is 12.8 Å². The number of hydrogen-bond acceptors (Lipinski definition) is 23. The summed E-state index contributed by atoms with van der Waals surface area (Å²) in [6, 6.07) is 0. The molecule has 12 atom stereocenters. The van der Waals surface area contributed by atoms with Gasteiger partial charge in [-0.2, -0.15) is 0 Å². The number of ether oxygens (including phenoxy) is 4. The molecule has 0 radical (unpaired) electrons. The van der Waals surface area contributed by atoms with Gasteiger partial charge in [0.15, 0.2) is 12.2 Å². The van der Waals surface area contributed by atoms with E-state index in [2.05, 4.69) is 18.9 Å². The van der Waals surface area contributed by atoms with Crippen LogP contribution in [-0.4, -0.2) is 188 Å². The molecule has 0 aromatic rings. The Morgan fingerprint density at radius 3 is 1.02 bits per heavy atom. The van der Waals surface area contributed by atoms with Crippen LogP contribution in [0, 0.1) is 0 Å². The van der Waals surface area contributed by atoms with Crippen molar-refractivity contribution in [2.24, 2.45) is 0 Å². The number of carbonyl (C=O) groups is 5. The van der Waals surface area contributed by atoms with Crippen LogP contribution in [0.5, 0.6) is 0 Å². The van der Waals surface area contributed by atoms with Crippen LogP contribution in [-0.2, 0) is 38.1 Å². The zero-order chi connectivity index (χ0) is 34.5. The van der Waals surface area contributed by atoms with Gasteiger partial charge in [-0.05, 0) is 0 Å². The van der Waals surface area contributed by atoms with Crippen molar-refractivity contribution < 1.29 is 114 Å². The van der Waals surface area contributed by atoms with Gasteiger partial charge in [0.25, 0.3) is 0 Å². The highest BCUT2D eigenvalue weighted by molar-refractivity contribution is 5.93. The third-order valence-electron chi connectivity index (χ3n) is 5.28. The quantitative estimate of drug-likeness (QED) is 0.0282. The average molecular weight is 654 g/mol. The Balaban J connectivity index is 4.76. The topological polar surface area (TPSA) is 405 Å². The highest BCUT2D eigenvalue weighted by Gasteiger charge is 2.38. The van der Waals surface area contributed by atoms with Gasteiger partial charge in [0, 0.05) is 0 Å². The van der Waals surface area contributed by atoms with Gasteiger partial charge in [-0.25, -0.2) is 14.4 Å². The smallest absolute Gasteiger partial charge is 0.433 e. The van der Waals surface area contributed by atoms with Gasteiger partial charge in [-0.1, -0.05) is 0 Å². The molecular formula is C21H34O23. The SMILES string of the molecule is O=C(CC(O)C(=O)OC(=O)OC(=O)C(O)CC(=O)OC(O)[C@H](O)[C@@H](O)[C@H](O)[C@H](O)CO)OC(O)[C@H](O)[C@@H](O)[C@H](O)[C@H](O)CO. The molecule has 0 aromatic carbocycles. The van der Waals surface area contributed by atoms with E-state index in [1.807, 2.05) is 0 Å². The van der Waals surface area contributed by atoms with Gasteiger partial charge < -0.3 is 90.4 Å². The van der Waals surface area contributed by atoms with E-state index >= 15 is 0 Å². The number of carbonyl (C=O) groups excluding carboxylic acids is 5. The summed E-state index contributed by atoms with van der Waals surface area (Å²) in [5, 5.41) is 132. The molecule has 0 heterocycles. The zero-order valence-corrected chi connectivity index (χ0v) is 22.2. The molecule has 23 heteroatoms. The van der Waals surface area contributed by atoms with Crippen molar-refractivity contribution in [2.75, 3.05) is 13.2 Å². The maximum absolute atomic E-state index is 11.7. The summed E-state index contributed by atoms with van der Waals surface area (Å²) < 4.78 is 16.1. The van der Waals surface area contributed by atoms with E-state index in [9.17, 15) is 85.3 Å². The molecule has 256 valence electrons. The lowest BCUT2D eigenvalue weighted by atomic mass is 10.0. The minimum atomic E-state index is -2.61. The van der Waals surface area contributed by atoms with Crippen molar-refractivity contribution in [1.29, 1.82) is 0 Å². The van der Waals surface area contributed by atoms with Crippen molar-refractivity contribution in [1.82, 2.24) is 0 Å². The first kappa shape index (κ1) is 41.0. The van der Waals surface area contributed by atoms with Crippen LogP contribution < -0.4 is 0 Å². The molecule has 23 nitrogen and oxygen atoms in total. The molecule has 14 N–H and O–H groups in total. The standard InChI is InChI=1S/C21H34O23/c22-3-7(26)11(30)13(32)15(34)19(38)41-9(28)1-5(24)17(36)43-21(40)44-18(37)6(25)2-10(29)42-20(39)16(35)14(33)12(31)8(27)4-23/h5-8,11-16,19-20,22-27,30-35,38-39H,1-4H2/t5?,6?,7-,8-,11-,12-,13+,14+,15-,16-,19?,20?/m1/s1. The zero-order valence-electron chi connectivity index (χ0n) is 22.2. The van der Waals surface area contributed by atoms with Crippen LogP contribution in [0.25, 0.3) is 0 Å². The second-order valence-corrected chi connectivity index (χ2v) is 8.74. The van der Waals surface area contributed by atoms with E-state index in [1.165, 1.54) is 0 Å². The number of esters is 4. The molecule has 4 unspecified atom stereocenters. The van der Waals surface area contributed by atoms with Crippen molar-refractivity contribution in [3.05, 3.63) is 0 Å². The van der Waals surface area contributed by atoms with Gasteiger partial charge in [0.2, 0.25) is 12.6 Å². The van der Waals surface area contributed by atoms with E-state index in [0.29, 0.717) is 0 Å². The first-order chi connectivity index (χ1) is 20.3. The van der Waals surface area contributed by atoms with Gasteiger partial charge in [0.1, 0.15) is 48.8 Å². The number of aliphatic hydroxyl groups excluding tert-OH is 14. The lowest BCUT2D eigenvalue weighted by molar-refractivity contribution is -0.215. The van der Waals surface area contributed by atoms with Gasteiger partial charge in [-0.3, -0.25) is 9.59 Å². The molecule has 0 saturated carbocycles. The normalized spacial score (nSPS) is 19.8. The van der Waals surface area contributed by atoms with Crippen LogP contribution in [0.3, 0.4) is 0 Å². The van der Waals surface area contributed by atoms with Crippen molar-refractivity contribution in [3.63, 3.8) is 0 Å². The molecular weight excluding hydrogens is 620 g/mol. The highest BCUT2D eigenvalue weighted by atomic mass is 16.8. The molecule has 0 aliphatic heterocycles. The Morgan fingerprint density at radius 1 is 0.455 bits per heavy atom. The van der Waals surface area contributed by atoms with Crippen LogP contribution in [0.2, 0.25) is 0 Å². The third kappa shape index (κ3) is 13.3. The molecule has 44 heavy (non-hydrogen) atoms. The number of aliphatic hydroxyl groups is 14. The van der Waals surface area contributed by atoms with Gasteiger partial charge >= 0.3 is 30.0 Å². The molecule has 0 aliphatic carbocycles. The van der Waals surface area contributed by atoms with Crippen molar-refractivity contribution >= 4 is 30.0 Å². The summed E-state index contributed by atoms with van der Waals surface area (Å²) in [5.41, 5.74) is 0. The molecule has 0 aromatic heterocycles. The van der Waals surface area contributed by atoms with E-state index in [1.54, 1.807) is 0 Å². The predicted octanol–water partition coefficient (Wildman–Crippen LogP) is -9.71. The Hall–Kier alpha value is -3.01. The predicted molar refractivity (Wildman–Crippen MR) is 125 cm³/mol. The Labute approximate surface area is 244 Å². The van der Waals surface area contributed by atoms with Crippen molar-refractivity contribution in [3.8, 4) is 0 Å². The maximum Gasteiger partial charge on any atom is 0.524 e. The number of hydrogen-bond donors (Lipinski definition) is 14. The lowest BCUT2D eigenvalue weighted by Gasteiger charge is -2.28. The summed E-state index contributed by atoms with van der Waals surface area (Å²) in [4.78, 5) is 58.4. The summed E-state index contributed by atoms with van der Waals surface area (Å²) in [6.45, 7) is -2.13. The monoisotopic (exact) mass is 654 g/mol. The van der Waals surface area contributed by atoms with Crippen LogP contribution in [0.15, 0.2) is 0 Å². The summed E-state index contributed by atoms with van der Waals surface area (Å²) >= 11 is 0. The Bertz CT molecular complexity index is 871. The van der Waals surface area contributed by atoms with E-state index < -0.39 is 130 Å². The van der Waals surface area contributed by atoms with Crippen LogP contribution >= 0.6 is 0 Å².